The summed E-state index contributed by atoms with van der Waals surface area (Å²) in [6.45, 7) is 8.03. The number of rotatable bonds is 9. The molecular weight excluding hydrogens is 388 g/mol. The molecule has 0 spiro atoms. The maximum absolute atomic E-state index is 11.9. The van der Waals surface area contributed by atoms with Crippen molar-refractivity contribution in [2.24, 2.45) is 4.99 Å². The first-order valence-corrected chi connectivity index (χ1v) is 11.2. The molecule has 0 saturated carbocycles. The van der Waals surface area contributed by atoms with Crippen molar-refractivity contribution in [1.82, 2.24) is 15.5 Å². The summed E-state index contributed by atoms with van der Waals surface area (Å²) in [5, 5.41) is 6.82. The molecule has 1 unspecified atom stereocenters. The second-order valence-corrected chi connectivity index (χ2v) is 7.77. The van der Waals surface area contributed by atoms with Gasteiger partial charge in [0.15, 0.2) is 5.96 Å². The van der Waals surface area contributed by atoms with Crippen molar-refractivity contribution >= 4 is 11.9 Å². The smallest absolute Gasteiger partial charge is 0.222 e. The zero-order valence-electron chi connectivity index (χ0n) is 18.6. The van der Waals surface area contributed by atoms with Crippen molar-refractivity contribution in [3.63, 3.8) is 0 Å². The third-order valence-electron chi connectivity index (χ3n) is 5.42. The number of aliphatic imine (C=N–C) groups is 1. The van der Waals surface area contributed by atoms with Crippen molar-refractivity contribution in [3.8, 4) is 0 Å². The molecule has 3 rings (SSSR count). The number of benzene rings is 2. The molecule has 1 fully saturated rings. The summed E-state index contributed by atoms with van der Waals surface area (Å²) in [5.74, 6) is 1.01. The lowest BCUT2D eigenvalue weighted by molar-refractivity contribution is -0.129. The second-order valence-electron chi connectivity index (χ2n) is 7.77. The first kappa shape index (κ1) is 22.8. The maximum atomic E-state index is 11.9. The number of carbonyl (C=O) groups is 1. The fraction of sp³-hybridized carbons (Fsp3) is 0.440. The molecule has 1 atom stereocenters. The van der Waals surface area contributed by atoms with Crippen molar-refractivity contribution in [3.05, 3.63) is 71.3 Å². The summed E-state index contributed by atoms with van der Waals surface area (Å²) in [4.78, 5) is 18.7. The molecular formula is C25H34N4O2. The molecule has 1 heterocycles. The van der Waals surface area contributed by atoms with Crippen LogP contribution in [0.25, 0.3) is 0 Å². The van der Waals surface area contributed by atoms with Gasteiger partial charge in [-0.15, -0.1) is 0 Å². The standard InChI is InChI=1S/C25H34N4O2/c1-3-24(30)29-15-14-23(17-29)28-25(26-4-2)27-16-21-12-8-9-13-22(21)19-31-18-20-10-6-5-7-11-20/h5-13,23H,3-4,14-19H2,1-2H3,(H2,26,27,28). The van der Waals surface area contributed by atoms with E-state index in [0.29, 0.717) is 26.2 Å². The van der Waals surface area contributed by atoms with Crippen LogP contribution in [-0.4, -0.2) is 42.4 Å². The normalized spacial score (nSPS) is 16.4. The lowest BCUT2D eigenvalue weighted by Gasteiger charge is -2.19. The van der Waals surface area contributed by atoms with Crippen LogP contribution in [0.4, 0.5) is 0 Å². The van der Waals surface area contributed by atoms with E-state index in [1.54, 1.807) is 0 Å². The largest absolute Gasteiger partial charge is 0.372 e. The van der Waals surface area contributed by atoms with Gasteiger partial charge in [-0.2, -0.15) is 0 Å². The van der Waals surface area contributed by atoms with Crippen LogP contribution in [0.5, 0.6) is 0 Å². The number of nitrogens with zero attached hydrogens (tertiary/aromatic N) is 2. The van der Waals surface area contributed by atoms with Gasteiger partial charge < -0.3 is 20.3 Å². The van der Waals surface area contributed by atoms with Crippen LogP contribution in [-0.2, 0) is 29.3 Å². The Labute approximate surface area is 185 Å². The monoisotopic (exact) mass is 422 g/mol. The van der Waals surface area contributed by atoms with Gasteiger partial charge in [-0.05, 0) is 30.0 Å². The van der Waals surface area contributed by atoms with E-state index < -0.39 is 0 Å². The van der Waals surface area contributed by atoms with E-state index in [-0.39, 0.29) is 11.9 Å². The molecule has 6 nitrogen and oxygen atoms in total. The third kappa shape index (κ3) is 7.10. The van der Waals surface area contributed by atoms with Gasteiger partial charge in [0.05, 0.1) is 19.8 Å². The van der Waals surface area contributed by atoms with Gasteiger partial charge in [0.2, 0.25) is 5.91 Å². The first-order valence-electron chi connectivity index (χ1n) is 11.2. The van der Waals surface area contributed by atoms with Crippen molar-refractivity contribution < 1.29 is 9.53 Å². The Hall–Kier alpha value is -2.86. The third-order valence-corrected chi connectivity index (χ3v) is 5.42. The fourth-order valence-corrected chi connectivity index (χ4v) is 3.71. The average molecular weight is 423 g/mol. The molecule has 1 aliphatic heterocycles. The quantitative estimate of drug-likeness (QED) is 0.480. The minimum absolute atomic E-state index is 0.218. The zero-order valence-corrected chi connectivity index (χ0v) is 18.6. The zero-order chi connectivity index (χ0) is 21.9. The van der Waals surface area contributed by atoms with Crippen LogP contribution in [0.15, 0.2) is 59.6 Å². The Kier molecular flexibility index (Phi) is 8.91. The van der Waals surface area contributed by atoms with E-state index in [4.69, 9.17) is 9.73 Å². The van der Waals surface area contributed by atoms with Crippen molar-refractivity contribution in [1.29, 1.82) is 0 Å². The molecule has 0 radical (unpaired) electrons. The highest BCUT2D eigenvalue weighted by atomic mass is 16.5. The molecule has 1 aliphatic rings. The number of amides is 1. The average Bonchev–Trinajstić information content (AvgIpc) is 3.27. The molecule has 1 saturated heterocycles. The van der Waals surface area contributed by atoms with Gasteiger partial charge in [-0.3, -0.25) is 4.79 Å². The van der Waals surface area contributed by atoms with Gasteiger partial charge in [0.1, 0.15) is 0 Å². The SMILES string of the molecule is CCNC(=NCc1ccccc1COCc1ccccc1)NC1CCN(C(=O)CC)C1. The van der Waals surface area contributed by atoms with E-state index in [1.807, 2.05) is 42.2 Å². The molecule has 6 heteroatoms. The first-order chi connectivity index (χ1) is 15.2. The number of hydrogen-bond acceptors (Lipinski definition) is 3. The molecule has 166 valence electrons. The highest BCUT2D eigenvalue weighted by molar-refractivity contribution is 5.80. The summed E-state index contributed by atoms with van der Waals surface area (Å²) in [7, 11) is 0. The predicted molar refractivity (Wildman–Crippen MR) is 125 cm³/mol. The Balaban J connectivity index is 1.57. The van der Waals surface area contributed by atoms with Gasteiger partial charge in [-0.25, -0.2) is 4.99 Å². The van der Waals surface area contributed by atoms with E-state index in [1.165, 1.54) is 5.56 Å². The topological polar surface area (TPSA) is 66.0 Å². The van der Waals surface area contributed by atoms with Gasteiger partial charge in [0, 0.05) is 32.1 Å². The second kappa shape index (κ2) is 12.1. The summed E-state index contributed by atoms with van der Waals surface area (Å²) in [5.41, 5.74) is 3.48. The van der Waals surface area contributed by atoms with Crippen LogP contribution in [0, 0.1) is 0 Å². The van der Waals surface area contributed by atoms with Crippen LogP contribution >= 0.6 is 0 Å². The van der Waals surface area contributed by atoms with Gasteiger partial charge in [-0.1, -0.05) is 61.5 Å². The van der Waals surface area contributed by atoms with E-state index in [2.05, 4.69) is 41.8 Å². The van der Waals surface area contributed by atoms with E-state index in [0.717, 1.165) is 43.1 Å². The van der Waals surface area contributed by atoms with Crippen molar-refractivity contribution in [2.45, 2.75) is 52.5 Å². The number of likely N-dealkylation sites (tertiary alicyclic amines) is 1. The van der Waals surface area contributed by atoms with E-state index >= 15 is 0 Å². The summed E-state index contributed by atoms with van der Waals surface area (Å²) < 4.78 is 5.94. The Morgan fingerprint density at radius 2 is 1.81 bits per heavy atom. The Morgan fingerprint density at radius 1 is 1.06 bits per heavy atom. The summed E-state index contributed by atoms with van der Waals surface area (Å²) in [6, 6.07) is 18.7. The van der Waals surface area contributed by atoms with Crippen LogP contribution in [0.2, 0.25) is 0 Å². The number of ether oxygens (including phenoxy) is 1. The number of guanidine groups is 1. The molecule has 2 aromatic carbocycles. The Bertz CT molecular complexity index is 854. The fourth-order valence-electron chi connectivity index (χ4n) is 3.71. The lowest BCUT2D eigenvalue weighted by Crippen LogP contribution is -2.45. The molecule has 1 amide bonds. The number of hydrogen-bond donors (Lipinski definition) is 2. The molecule has 2 aromatic rings. The predicted octanol–water partition coefficient (Wildman–Crippen LogP) is 3.47. The number of nitrogens with one attached hydrogen (secondary N) is 2. The van der Waals surface area contributed by atoms with Gasteiger partial charge >= 0.3 is 0 Å². The molecule has 0 aliphatic carbocycles. The molecule has 2 N–H and O–H groups in total. The Morgan fingerprint density at radius 3 is 2.55 bits per heavy atom. The highest BCUT2D eigenvalue weighted by Gasteiger charge is 2.25. The number of carbonyl (C=O) groups excluding carboxylic acids is 1. The maximum Gasteiger partial charge on any atom is 0.222 e. The molecule has 0 aromatic heterocycles. The van der Waals surface area contributed by atoms with Crippen LogP contribution in [0.1, 0.15) is 43.4 Å². The van der Waals surface area contributed by atoms with Crippen molar-refractivity contribution in [2.75, 3.05) is 19.6 Å². The van der Waals surface area contributed by atoms with Crippen LogP contribution < -0.4 is 10.6 Å². The summed E-state index contributed by atoms with van der Waals surface area (Å²) in [6.07, 6.45) is 1.50. The minimum Gasteiger partial charge on any atom is -0.372 e. The lowest BCUT2D eigenvalue weighted by atomic mass is 10.1. The summed E-state index contributed by atoms with van der Waals surface area (Å²) >= 11 is 0. The minimum atomic E-state index is 0.218. The molecule has 0 bridgehead atoms. The molecule has 31 heavy (non-hydrogen) atoms. The van der Waals surface area contributed by atoms with Gasteiger partial charge in [0.25, 0.3) is 0 Å². The highest BCUT2D eigenvalue weighted by Crippen LogP contribution is 2.14. The van der Waals surface area contributed by atoms with Crippen LogP contribution in [0.3, 0.4) is 0 Å². The van der Waals surface area contributed by atoms with E-state index in [9.17, 15) is 4.79 Å².